The van der Waals surface area contributed by atoms with Crippen LogP contribution in [0.25, 0.3) is 0 Å². The van der Waals surface area contributed by atoms with Crippen molar-refractivity contribution in [2.24, 2.45) is 5.92 Å². The molecule has 2 nitrogen and oxygen atoms in total. The van der Waals surface area contributed by atoms with Crippen LogP contribution in [0.3, 0.4) is 0 Å². The van der Waals surface area contributed by atoms with Crippen LogP contribution in [0.4, 0.5) is 0 Å². The molecule has 10 heavy (non-hydrogen) atoms. The first-order valence-corrected chi connectivity index (χ1v) is 2.96. The Bertz CT molecular complexity index is 110. The molecule has 0 saturated heterocycles. The maximum atomic E-state index is 10.6. The minimum atomic E-state index is -0.171. The van der Waals surface area contributed by atoms with Crippen LogP contribution >= 0.6 is 0 Å². The molecule has 0 radical (unpaired) electrons. The summed E-state index contributed by atoms with van der Waals surface area (Å²) in [4.78, 5) is 10.6. The number of esters is 1. The molecule has 0 saturated carbocycles. The Kier molecular flexibility index (Phi) is 8.64. The van der Waals surface area contributed by atoms with Gasteiger partial charge in [-0.05, 0) is 0 Å². The molecule has 0 unspecified atom stereocenters. The standard InChI is InChI=1S/C7H12O2.Li.H/c1-4-5-9-7(8)6(2)3;;/h4,6H,1,5H2,2-3H3;;. The van der Waals surface area contributed by atoms with Gasteiger partial charge in [-0.15, -0.1) is 0 Å². The van der Waals surface area contributed by atoms with Gasteiger partial charge in [0.15, 0.2) is 0 Å². The Morgan fingerprint density at radius 1 is 1.70 bits per heavy atom. The molecule has 0 atom stereocenters. The van der Waals surface area contributed by atoms with Gasteiger partial charge in [-0.1, -0.05) is 26.5 Å². The zero-order valence-corrected chi connectivity index (χ0v) is 5.89. The van der Waals surface area contributed by atoms with Gasteiger partial charge < -0.3 is 4.74 Å². The second kappa shape index (κ2) is 6.92. The van der Waals surface area contributed by atoms with Crippen molar-refractivity contribution in [1.29, 1.82) is 0 Å². The maximum absolute atomic E-state index is 10.6. The Hall–Kier alpha value is -0.193. The Morgan fingerprint density at radius 3 is 2.50 bits per heavy atom. The predicted molar refractivity (Wildman–Crippen MR) is 43.1 cm³/mol. The molecule has 0 aromatic rings. The molecule has 0 aliphatic heterocycles. The monoisotopic (exact) mass is 136 g/mol. The van der Waals surface area contributed by atoms with E-state index < -0.39 is 0 Å². The minimum absolute atomic E-state index is 0. The van der Waals surface area contributed by atoms with Gasteiger partial charge in [0.2, 0.25) is 0 Å². The molecular weight excluding hydrogens is 123 g/mol. The average Bonchev–Trinajstić information content (AvgIpc) is 1.82. The predicted octanol–water partition coefficient (Wildman–Crippen LogP) is 0.723. The molecule has 0 aromatic carbocycles. The van der Waals surface area contributed by atoms with Gasteiger partial charge >= 0.3 is 24.8 Å². The van der Waals surface area contributed by atoms with E-state index in [0.29, 0.717) is 6.61 Å². The Balaban J connectivity index is 0. The molecule has 0 heterocycles. The third-order valence-corrected chi connectivity index (χ3v) is 0.815. The number of rotatable bonds is 3. The van der Waals surface area contributed by atoms with Crippen molar-refractivity contribution in [3.05, 3.63) is 12.7 Å². The summed E-state index contributed by atoms with van der Waals surface area (Å²) in [7, 11) is 0. The fourth-order valence-electron chi connectivity index (χ4n) is 0.308. The van der Waals surface area contributed by atoms with Gasteiger partial charge in [-0.2, -0.15) is 0 Å². The molecule has 0 fully saturated rings. The van der Waals surface area contributed by atoms with Crippen LogP contribution in [0.1, 0.15) is 13.8 Å². The van der Waals surface area contributed by atoms with Crippen LogP contribution in [0.15, 0.2) is 12.7 Å². The van der Waals surface area contributed by atoms with Crippen molar-refractivity contribution in [3.8, 4) is 0 Å². The summed E-state index contributed by atoms with van der Waals surface area (Å²) in [5.41, 5.74) is 0. The van der Waals surface area contributed by atoms with Crippen LogP contribution in [-0.4, -0.2) is 31.4 Å². The molecule has 0 rings (SSSR count). The third kappa shape index (κ3) is 5.94. The molecule has 54 valence electrons. The van der Waals surface area contributed by atoms with Gasteiger partial charge in [0.25, 0.3) is 0 Å². The molecule has 0 aliphatic rings. The van der Waals surface area contributed by atoms with E-state index in [2.05, 4.69) is 6.58 Å². The van der Waals surface area contributed by atoms with Crippen LogP contribution in [0, 0.1) is 5.92 Å². The summed E-state index contributed by atoms with van der Waals surface area (Å²) in [6, 6.07) is 0. The first-order chi connectivity index (χ1) is 4.18. The number of ether oxygens (including phenoxy) is 1. The van der Waals surface area contributed by atoms with Crippen LogP contribution < -0.4 is 0 Å². The number of carbonyl (C=O) groups is 1. The number of hydrogen-bond donors (Lipinski definition) is 0. The molecule has 0 aliphatic carbocycles. The van der Waals surface area contributed by atoms with Crippen molar-refractivity contribution in [3.63, 3.8) is 0 Å². The Labute approximate surface area is 73.8 Å². The molecule has 0 spiro atoms. The summed E-state index contributed by atoms with van der Waals surface area (Å²) in [5, 5.41) is 0. The number of carbonyl (C=O) groups excluding carboxylic acids is 1. The summed E-state index contributed by atoms with van der Waals surface area (Å²) in [5.74, 6) is -0.208. The molecular formula is C7H13LiO2. The van der Waals surface area contributed by atoms with Gasteiger partial charge in [0, 0.05) is 0 Å². The van der Waals surface area contributed by atoms with Crippen molar-refractivity contribution < 1.29 is 9.53 Å². The third-order valence-electron chi connectivity index (χ3n) is 0.815. The summed E-state index contributed by atoms with van der Waals surface area (Å²) >= 11 is 0. The first-order valence-electron chi connectivity index (χ1n) is 2.96. The Morgan fingerprint density at radius 2 is 2.20 bits per heavy atom. The van der Waals surface area contributed by atoms with E-state index >= 15 is 0 Å². The summed E-state index contributed by atoms with van der Waals surface area (Å²) in [6.07, 6.45) is 1.56. The first kappa shape index (κ1) is 12.5. The second-order valence-electron chi connectivity index (χ2n) is 2.07. The van der Waals surface area contributed by atoms with Crippen molar-refractivity contribution >= 4 is 24.8 Å². The van der Waals surface area contributed by atoms with E-state index in [4.69, 9.17) is 4.74 Å². The molecule has 3 heteroatoms. The zero-order valence-electron chi connectivity index (χ0n) is 5.89. The molecule has 0 N–H and O–H groups in total. The quantitative estimate of drug-likeness (QED) is 0.324. The average molecular weight is 136 g/mol. The topological polar surface area (TPSA) is 26.3 Å². The summed E-state index contributed by atoms with van der Waals surface area (Å²) in [6.45, 7) is 7.33. The van der Waals surface area contributed by atoms with Gasteiger partial charge in [-0.3, -0.25) is 4.79 Å². The summed E-state index contributed by atoms with van der Waals surface area (Å²) < 4.78 is 4.70. The van der Waals surface area contributed by atoms with Crippen molar-refractivity contribution in [1.82, 2.24) is 0 Å². The zero-order chi connectivity index (χ0) is 7.28. The fourth-order valence-corrected chi connectivity index (χ4v) is 0.308. The van der Waals surface area contributed by atoms with Crippen LogP contribution in [-0.2, 0) is 9.53 Å². The molecule has 0 bridgehead atoms. The van der Waals surface area contributed by atoms with Gasteiger partial charge in [-0.25, -0.2) is 0 Å². The normalized spacial score (nSPS) is 8.30. The van der Waals surface area contributed by atoms with E-state index in [1.165, 1.54) is 0 Å². The van der Waals surface area contributed by atoms with Crippen molar-refractivity contribution in [2.45, 2.75) is 13.8 Å². The van der Waals surface area contributed by atoms with Crippen LogP contribution in [0.5, 0.6) is 0 Å². The van der Waals surface area contributed by atoms with Gasteiger partial charge in [0.1, 0.15) is 6.61 Å². The molecule has 0 aromatic heterocycles. The SMILES string of the molecule is C=CCOC(=O)C(C)C.[LiH]. The number of hydrogen-bond acceptors (Lipinski definition) is 2. The van der Waals surface area contributed by atoms with Crippen molar-refractivity contribution in [2.75, 3.05) is 6.61 Å². The van der Waals surface area contributed by atoms with Crippen LogP contribution in [0.2, 0.25) is 0 Å². The van der Waals surface area contributed by atoms with E-state index in [9.17, 15) is 4.79 Å². The van der Waals surface area contributed by atoms with E-state index in [0.717, 1.165) is 0 Å². The second-order valence-corrected chi connectivity index (χ2v) is 2.07. The van der Waals surface area contributed by atoms with Gasteiger partial charge in [0.05, 0.1) is 5.92 Å². The van der Waals surface area contributed by atoms with E-state index in [-0.39, 0.29) is 30.7 Å². The van der Waals surface area contributed by atoms with E-state index in [1.807, 2.05) is 0 Å². The van der Waals surface area contributed by atoms with E-state index in [1.54, 1.807) is 19.9 Å². The molecule has 0 amide bonds. The fraction of sp³-hybridized carbons (Fsp3) is 0.571.